The third-order valence-electron chi connectivity index (χ3n) is 2.67. The maximum absolute atomic E-state index is 12.4. The maximum atomic E-state index is 12.4. The Balaban J connectivity index is 3.26. The molecule has 6 heteroatoms. The second-order valence-corrected chi connectivity index (χ2v) is 6.34. The van der Waals surface area contributed by atoms with Gasteiger partial charge in [0.25, 0.3) is 0 Å². The first-order valence-electron chi connectivity index (χ1n) is 6.76. The molecule has 0 saturated heterocycles. The number of benzene rings is 1. The minimum atomic E-state index is -0.583. The molecule has 1 amide bonds. The fraction of sp³-hybridized carbons (Fsp3) is 0.438. The molecule has 0 saturated carbocycles. The fourth-order valence-corrected chi connectivity index (χ4v) is 2.30. The second-order valence-electron chi connectivity index (χ2n) is 5.54. The normalized spacial score (nSPS) is 10.8. The van der Waals surface area contributed by atoms with Gasteiger partial charge in [-0.15, -0.1) is 6.58 Å². The minimum absolute atomic E-state index is 0.308. The predicted octanol–water partition coefficient (Wildman–Crippen LogP) is 4.39. The van der Waals surface area contributed by atoms with E-state index in [0.717, 1.165) is 0 Å². The number of hydrogen-bond acceptors (Lipinski definition) is 4. The van der Waals surface area contributed by atoms with Gasteiger partial charge in [-0.2, -0.15) is 0 Å². The molecule has 0 fully saturated rings. The van der Waals surface area contributed by atoms with E-state index in [4.69, 9.17) is 14.2 Å². The average molecular weight is 372 g/mol. The Kier molecular flexibility index (Phi) is 6.29. The number of carbonyl (C=O) groups excluding carboxylic acids is 1. The molecule has 0 spiro atoms. The summed E-state index contributed by atoms with van der Waals surface area (Å²) in [5.74, 6) is 1.12. The van der Waals surface area contributed by atoms with Crippen molar-refractivity contribution < 1.29 is 19.0 Å². The molecular weight excluding hydrogens is 350 g/mol. The van der Waals surface area contributed by atoms with E-state index < -0.39 is 11.7 Å². The molecule has 0 radical (unpaired) electrons. The molecule has 22 heavy (non-hydrogen) atoms. The molecule has 0 heterocycles. The van der Waals surface area contributed by atoms with Crippen molar-refractivity contribution >= 4 is 27.7 Å². The van der Waals surface area contributed by atoms with Crippen LogP contribution in [-0.4, -0.2) is 32.5 Å². The molecule has 1 rings (SSSR count). The molecule has 0 aliphatic rings. The van der Waals surface area contributed by atoms with Gasteiger partial charge in [-0.1, -0.05) is 6.08 Å². The number of rotatable bonds is 5. The van der Waals surface area contributed by atoms with Gasteiger partial charge in [0, 0.05) is 18.7 Å². The van der Waals surface area contributed by atoms with Gasteiger partial charge in [0.2, 0.25) is 0 Å². The monoisotopic (exact) mass is 371 g/mol. The van der Waals surface area contributed by atoms with Crippen LogP contribution in [0.15, 0.2) is 29.3 Å². The fourth-order valence-electron chi connectivity index (χ4n) is 1.74. The summed E-state index contributed by atoms with van der Waals surface area (Å²) in [6, 6.07) is 3.47. The number of carbonyl (C=O) groups is 1. The van der Waals surface area contributed by atoms with Crippen LogP contribution in [-0.2, 0) is 4.74 Å². The molecule has 0 N–H and O–H groups in total. The third kappa shape index (κ3) is 4.66. The summed E-state index contributed by atoms with van der Waals surface area (Å²) in [5, 5.41) is 0. The number of amides is 1. The SMILES string of the molecule is C=CCN(C(=O)OC(C)(C)C)c1cc(OC)c(Br)c(OC)c1. The van der Waals surface area contributed by atoms with Gasteiger partial charge in [-0.05, 0) is 36.7 Å². The zero-order chi connectivity index (χ0) is 16.9. The number of ether oxygens (including phenoxy) is 3. The molecular formula is C16H22BrNO4. The summed E-state index contributed by atoms with van der Waals surface area (Å²) in [5.41, 5.74) is 0.0195. The van der Waals surface area contributed by atoms with E-state index in [-0.39, 0.29) is 0 Å². The predicted molar refractivity (Wildman–Crippen MR) is 91.0 cm³/mol. The van der Waals surface area contributed by atoms with Crippen molar-refractivity contribution in [3.8, 4) is 11.5 Å². The van der Waals surface area contributed by atoms with Crippen molar-refractivity contribution in [1.29, 1.82) is 0 Å². The van der Waals surface area contributed by atoms with E-state index in [1.165, 1.54) is 4.90 Å². The minimum Gasteiger partial charge on any atom is -0.495 e. The highest BCUT2D eigenvalue weighted by Gasteiger charge is 2.24. The molecule has 0 aliphatic carbocycles. The van der Waals surface area contributed by atoms with E-state index >= 15 is 0 Å². The zero-order valence-electron chi connectivity index (χ0n) is 13.6. The molecule has 122 valence electrons. The topological polar surface area (TPSA) is 48.0 Å². The zero-order valence-corrected chi connectivity index (χ0v) is 15.2. The Morgan fingerprint density at radius 2 is 1.77 bits per heavy atom. The Bertz CT molecular complexity index is 527. The first-order valence-corrected chi connectivity index (χ1v) is 7.55. The highest BCUT2D eigenvalue weighted by atomic mass is 79.9. The number of nitrogens with zero attached hydrogens (tertiary/aromatic N) is 1. The number of methoxy groups -OCH3 is 2. The molecule has 1 aromatic rings. The van der Waals surface area contributed by atoms with Crippen molar-refractivity contribution in [3.63, 3.8) is 0 Å². The molecule has 5 nitrogen and oxygen atoms in total. The smallest absolute Gasteiger partial charge is 0.415 e. The third-order valence-corrected chi connectivity index (χ3v) is 3.45. The van der Waals surface area contributed by atoms with Crippen LogP contribution in [0.25, 0.3) is 0 Å². The van der Waals surface area contributed by atoms with E-state index in [0.29, 0.717) is 28.2 Å². The lowest BCUT2D eigenvalue weighted by atomic mass is 10.2. The number of hydrogen-bond donors (Lipinski definition) is 0. The van der Waals surface area contributed by atoms with Gasteiger partial charge in [0.15, 0.2) is 0 Å². The highest BCUT2D eigenvalue weighted by molar-refractivity contribution is 9.10. The van der Waals surface area contributed by atoms with Crippen LogP contribution in [0.2, 0.25) is 0 Å². The molecule has 0 atom stereocenters. The number of halogens is 1. The van der Waals surface area contributed by atoms with Gasteiger partial charge in [-0.25, -0.2) is 4.79 Å². The van der Waals surface area contributed by atoms with Gasteiger partial charge in [-0.3, -0.25) is 4.90 Å². The van der Waals surface area contributed by atoms with Crippen molar-refractivity contribution in [2.75, 3.05) is 25.7 Å². The van der Waals surface area contributed by atoms with Crippen LogP contribution in [0.1, 0.15) is 20.8 Å². The first kappa shape index (κ1) is 18.4. The van der Waals surface area contributed by atoms with E-state index in [2.05, 4.69) is 22.5 Å². The van der Waals surface area contributed by atoms with Crippen LogP contribution in [0, 0.1) is 0 Å². The quantitative estimate of drug-likeness (QED) is 0.719. The summed E-state index contributed by atoms with van der Waals surface area (Å²) >= 11 is 3.40. The van der Waals surface area contributed by atoms with Crippen LogP contribution >= 0.6 is 15.9 Å². The van der Waals surface area contributed by atoms with Crippen molar-refractivity contribution in [2.24, 2.45) is 0 Å². The lowest BCUT2D eigenvalue weighted by molar-refractivity contribution is 0.0584. The number of anilines is 1. The van der Waals surface area contributed by atoms with Crippen molar-refractivity contribution in [2.45, 2.75) is 26.4 Å². The van der Waals surface area contributed by atoms with Gasteiger partial charge in [0.1, 0.15) is 21.6 Å². The Hall–Kier alpha value is -1.69. The highest BCUT2D eigenvalue weighted by Crippen LogP contribution is 2.39. The summed E-state index contributed by atoms with van der Waals surface area (Å²) in [6.07, 6.45) is 1.17. The second kappa shape index (κ2) is 7.54. The molecule has 0 aliphatic heterocycles. The van der Waals surface area contributed by atoms with Crippen LogP contribution < -0.4 is 14.4 Å². The maximum Gasteiger partial charge on any atom is 0.415 e. The summed E-state index contributed by atoms with van der Waals surface area (Å²) in [4.78, 5) is 13.9. The van der Waals surface area contributed by atoms with Crippen LogP contribution in [0.5, 0.6) is 11.5 Å². The lowest BCUT2D eigenvalue weighted by Crippen LogP contribution is -2.37. The first-order chi connectivity index (χ1) is 10.2. The summed E-state index contributed by atoms with van der Waals surface area (Å²) < 4.78 is 16.7. The van der Waals surface area contributed by atoms with Gasteiger partial charge < -0.3 is 14.2 Å². The van der Waals surface area contributed by atoms with Crippen LogP contribution in [0.3, 0.4) is 0 Å². The van der Waals surface area contributed by atoms with E-state index in [1.54, 1.807) is 32.4 Å². The Labute approximate surface area is 140 Å². The molecule has 0 unspecified atom stereocenters. The van der Waals surface area contributed by atoms with E-state index in [1.807, 2.05) is 20.8 Å². The van der Waals surface area contributed by atoms with Crippen molar-refractivity contribution in [3.05, 3.63) is 29.3 Å². The van der Waals surface area contributed by atoms with Crippen LogP contribution in [0.4, 0.5) is 10.5 Å². The van der Waals surface area contributed by atoms with Crippen molar-refractivity contribution in [1.82, 2.24) is 0 Å². The molecule has 1 aromatic carbocycles. The summed E-state index contributed by atoms with van der Waals surface area (Å²) in [6.45, 7) is 9.45. The largest absolute Gasteiger partial charge is 0.495 e. The Morgan fingerprint density at radius 3 is 2.14 bits per heavy atom. The Morgan fingerprint density at radius 1 is 1.27 bits per heavy atom. The summed E-state index contributed by atoms with van der Waals surface area (Å²) in [7, 11) is 3.10. The average Bonchev–Trinajstić information content (AvgIpc) is 2.43. The standard InChI is InChI=1S/C16H22BrNO4/c1-7-8-18(15(19)22-16(2,3)4)11-9-12(20-5)14(17)13(10-11)21-6/h7,9-10H,1,8H2,2-6H3. The lowest BCUT2D eigenvalue weighted by Gasteiger charge is -2.27. The van der Waals surface area contributed by atoms with E-state index in [9.17, 15) is 4.79 Å². The molecule has 0 bridgehead atoms. The molecule has 0 aromatic heterocycles. The van der Waals surface area contributed by atoms with Gasteiger partial charge in [0.05, 0.1) is 19.9 Å². The van der Waals surface area contributed by atoms with Gasteiger partial charge >= 0.3 is 6.09 Å².